The average molecular weight is 165 g/mol. The third-order valence-corrected chi connectivity index (χ3v) is 1.64. The van der Waals surface area contributed by atoms with Gasteiger partial charge >= 0.3 is 0 Å². The van der Waals surface area contributed by atoms with E-state index in [1.807, 2.05) is 20.0 Å². The first kappa shape index (κ1) is 11.0. The van der Waals surface area contributed by atoms with E-state index in [2.05, 4.69) is 31.8 Å². The molecule has 1 heterocycles. The van der Waals surface area contributed by atoms with E-state index in [1.165, 1.54) is 11.1 Å². The van der Waals surface area contributed by atoms with Crippen molar-refractivity contribution in [1.29, 1.82) is 0 Å². The Morgan fingerprint density at radius 2 is 2.00 bits per heavy atom. The molecule has 1 heteroatoms. The average Bonchev–Trinajstić information content (AvgIpc) is 2.13. The van der Waals surface area contributed by atoms with E-state index in [9.17, 15) is 0 Å². The molecule has 0 unspecified atom stereocenters. The largest absolute Gasteiger partial charge is 0.362 e. The molecule has 1 N–H and O–H groups in total. The van der Waals surface area contributed by atoms with Crippen LogP contribution in [0.15, 0.2) is 35.7 Å². The summed E-state index contributed by atoms with van der Waals surface area (Å²) in [5.74, 6) is 0. The lowest BCUT2D eigenvalue weighted by molar-refractivity contribution is 0.971. The Hall–Kier alpha value is -0.980. The highest BCUT2D eigenvalue weighted by Crippen LogP contribution is 2.16. The lowest BCUT2D eigenvalue weighted by Gasteiger charge is -2.14. The van der Waals surface area contributed by atoms with Gasteiger partial charge in [-0.25, -0.2) is 0 Å². The molecule has 0 bridgehead atoms. The van der Waals surface area contributed by atoms with Gasteiger partial charge in [-0.05, 0) is 24.5 Å². The van der Waals surface area contributed by atoms with Crippen LogP contribution in [0.4, 0.5) is 0 Å². The van der Waals surface area contributed by atoms with Crippen molar-refractivity contribution in [3.05, 3.63) is 35.7 Å². The zero-order chi connectivity index (χ0) is 9.56. The van der Waals surface area contributed by atoms with Crippen molar-refractivity contribution in [1.82, 2.24) is 5.32 Å². The molecule has 12 heavy (non-hydrogen) atoms. The van der Waals surface area contributed by atoms with Gasteiger partial charge in [0.15, 0.2) is 0 Å². The minimum absolute atomic E-state index is 1.04. The lowest BCUT2D eigenvalue weighted by atomic mass is 10.1. The highest BCUT2D eigenvalue weighted by molar-refractivity contribution is 5.38. The lowest BCUT2D eigenvalue weighted by Crippen LogP contribution is -2.10. The van der Waals surface area contributed by atoms with E-state index in [0.717, 1.165) is 12.1 Å². The quantitative estimate of drug-likeness (QED) is 0.628. The van der Waals surface area contributed by atoms with E-state index in [0.29, 0.717) is 0 Å². The van der Waals surface area contributed by atoms with Crippen LogP contribution in [0.25, 0.3) is 0 Å². The maximum atomic E-state index is 3.88. The van der Waals surface area contributed by atoms with Crippen LogP contribution in [0.1, 0.15) is 34.1 Å². The summed E-state index contributed by atoms with van der Waals surface area (Å²) in [5.41, 5.74) is 3.61. The molecule has 0 aromatic heterocycles. The van der Waals surface area contributed by atoms with Crippen LogP contribution >= 0.6 is 0 Å². The molecule has 0 saturated carbocycles. The third-order valence-electron chi connectivity index (χ3n) is 1.64. The molecule has 1 aliphatic rings. The molecule has 68 valence electrons. The smallest absolute Gasteiger partial charge is 0.0339 e. The number of hydrogen-bond acceptors (Lipinski definition) is 1. The molecule has 0 fully saturated rings. The topological polar surface area (TPSA) is 12.0 Å². The summed E-state index contributed by atoms with van der Waals surface area (Å²) in [5, 5.41) is 3.11. The summed E-state index contributed by atoms with van der Waals surface area (Å²) in [6.07, 6.45) is 5.19. The highest BCUT2D eigenvalue weighted by atomic mass is 14.9. The Bertz CT molecular complexity index is 209. The van der Waals surface area contributed by atoms with Crippen LogP contribution in [-0.2, 0) is 0 Å². The van der Waals surface area contributed by atoms with E-state index < -0.39 is 0 Å². The van der Waals surface area contributed by atoms with Gasteiger partial charge in [0.1, 0.15) is 0 Å². The minimum atomic E-state index is 1.04. The van der Waals surface area contributed by atoms with Crippen molar-refractivity contribution in [3.63, 3.8) is 0 Å². The molecule has 0 aliphatic carbocycles. The number of hydrogen-bond donors (Lipinski definition) is 1. The summed E-state index contributed by atoms with van der Waals surface area (Å²) in [7, 11) is 0. The molecular formula is C11H19N. The zero-order valence-corrected chi connectivity index (χ0v) is 8.57. The molecule has 0 radical (unpaired) electrons. The van der Waals surface area contributed by atoms with Crippen molar-refractivity contribution < 1.29 is 0 Å². The fourth-order valence-corrected chi connectivity index (χ4v) is 1.01. The fourth-order valence-electron chi connectivity index (χ4n) is 1.01. The standard InChI is InChI=1S/C9H13N.C2H6/c1-4-9-5-7(2)6-10-8(9)3;1-2/h5-6,10H,3-4H2,1-2H3;1-2H3. The molecule has 1 aliphatic heterocycles. The molecule has 0 spiro atoms. The van der Waals surface area contributed by atoms with E-state index in [-0.39, 0.29) is 0 Å². The molecule has 1 nitrogen and oxygen atoms in total. The number of dihydropyridines is 1. The minimum Gasteiger partial charge on any atom is -0.362 e. The highest BCUT2D eigenvalue weighted by Gasteiger charge is 2.02. The molecule has 1 rings (SSSR count). The van der Waals surface area contributed by atoms with Gasteiger partial charge in [-0.3, -0.25) is 0 Å². The second-order valence-electron chi connectivity index (χ2n) is 2.53. The Morgan fingerprint density at radius 3 is 2.42 bits per heavy atom. The van der Waals surface area contributed by atoms with E-state index in [1.54, 1.807) is 0 Å². The van der Waals surface area contributed by atoms with Gasteiger partial charge in [0.25, 0.3) is 0 Å². The second kappa shape index (κ2) is 5.64. The SMILES string of the molecule is C=C1NC=C(C)C=C1CC.CC. The first-order chi connectivity index (χ1) is 5.74. The molecular weight excluding hydrogens is 146 g/mol. The summed E-state index contributed by atoms with van der Waals surface area (Å²) >= 11 is 0. The molecule has 0 saturated heterocycles. The van der Waals surface area contributed by atoms with Crippen LogP contribution in [0.5, 0.6) is 0 Å². The maximum absolute atomic E-state index is 3.88. The fraction of sp³-hybridized carbons (Fsp3) is 0.455. The molecule has 0 aromatic carbocycles. The summed E-state index contributed by atoms with van der Waals surface area (Å²) in [6.45, 7) is 12.1. The van der Waals surface area contributed by atoms with Gasteiger partial charge < -0.3 is 5.32 Å². The Balaban J connectivity index is 0.000000561. The first-order valence-corrected chi connectivity index (χ1v) is 4.57. The van der Waals surface area contributed by atoms with Crippen LogP contribution in [0.2, 0.25) is 0 Å². The summed E-state index contributed by atoms with van der Waals surface area (Å²) < 4.78 is 0. The van der Waals surface area contributed by atoms with Gasteiger partial charge in [-0.15, -0.1) is 0 Å². The van der Waals surface area contributed by atoms with Gasteiger partial charge in [0.2, 0.25) is 0 Å². The number of rotatable bonds is 1. The van der Waals surface area contributed by atoms with E-state index in [4.69, 9.17) is 0 Å². The van der Waals surface area contributed by atoms with Crippen molar-refractivity contribution in [2.75, 3.05) is 0 Å². The predicted molar refractivity (Wildman–Crippen MR) is 55.8 cm³/mol. The van der Waals surface area contributed by atoms with Gasteiger partial charge in [0.05, 0.1) is 0 Å². The molecule has 0 atom stereocenters. The summed E-state index contributed by atoms with van der Waals surface area (Å²) in [6, 6.07) is 0. The van der Waals surface area contributed by atoms with Crippen molar-refractivity contribution in [3.8, 4) is 0 Å². The number of allylic oxidation sites excluding steroid dienone is 3. The molecule has 0 amide bonds. The Kier molecular flexibility index (Phi) is 5.18. The van der Waals surface area contributed by atoms with Crippen LogP contribution in [-0.4, -0.2) is 0 Å². The predicted octanol–water partition coefficient (Wildman–Crippen LogP) is 3.37. The van der Waals surface area contributed by atoms with Crippen LogP contribution in [0.3, 0.4) is 0 Å². The van der Waals surface area contributed by atoms with E-state index >= 15 is 0 Å². The van der Waals surface area contributed by atoms with Crippen LogP contribution in [0, 0.1) is 0 Å². The van der Waals surface area contributed by atoms with Gasteiger partial charge in [-0.1, -0.05) is 33.4 Å². The van der Waals surface area contributed by atoms with Crippen molar-refractivity contribution >= 4 is 0 Å². The monoisotopic (exact) mass is 165 g/mol. The zero-order valence-electron chi connectivity index (χ0n) is 8.57. The first-order valence-electron chi connectivity index (χ1n) is 4.57. The van der Waals surface area contributed by atoms with Crippen LogP contribution < -0.4 is 5.32 Å². The normalized spacial score (nSPS) is 15.2. The third kappa shape index (κ3) is 2.95. The number of nitrogens with one attached hydrogen (secondary N) is 1. The molecule has 0 aromatic rings. The Labute approximate surface area is 75.9 Å². The van der Waals surface area contributed by atoms with Gasteiger partial charge in [-0.2, -0.15) is 0 Å². The maximum Gasteiger partial charge on any atom is 0.0339 e. The van der Waals surface area contributed by atoms with Crippen molar-refractivity contribution in [2.45, 2.75) is 34.1 Å². The summed E-state index contributed by atoms with van der Waals surface area (Å²) in [4.78, 5) is 0. The van der Waals surface area contributed by atoms with Crippen molar-refractivity contribution in [2.24, 2.45) is 0 Å². The second-order valence-corrected chi connectivity index (χ2v) is 2.53. The van der Waals surface area contributed by atoms with Gasteiger partial charge in [0, 0.05) is 11.9 Å². The Morgan fingerprint density at radius 1 is 1.42 bits per heavy atom.